The number of ketones is 1. The summed E-state index contributed by atoms with van der Waals surface area (Å²) in [5, 5.41) is 9.68. The van der Waals surface area contributed by atoms with Crippen molar-refractivity contribution in [1.82, 2.24) is 9.55 Å². The van der Waals surface area contributed by atoms with E-state index in [9.17, 15) is 19.1 Å². The van der Waals surface area contributed by atoms with Crippen LogP contribution in [-0.4, -0.2) is 27.6 Å². The number of imidazole rings is 1. The second-order valence-electron chi connectivity index (χ2n) is 7.03. The Labute approximate surface area is 182 Å². The minimum atomic E-state index is -0.374. The van der Waals surface area contributed by atoms with Crippen LogP contribution in [0.15, 0.2) is 83.8 Å². The van der Waals surface area contributed by atoms with Crippen molar-refractivity contribution >= 4 is 11.9 Å². The SMILES string of the molecule is COc1cc(/C=C/C(=O)c2cccc(-n3cc(-c4ccc(F)cc4)[nH]c3=O)c2)ccc1O. The van der Waals surface area contributed by atoms with Crippen molar-refractivity contribution in [1.29, 1.82) is 0 Å². The van der Waals surface area contributed by atoms with Crippen molar-refractivity contribution in [2.75, 3.05) is 7.11 Å². The van der Waals surface area contributed by atoms with E-state index in [1.165, 1.54) is 36.0 Å². The van der Waals surface area contributed by atoms with Gasteiger partial charge in [-0.1, -0.05) is 24.3 Å². The zero-order valence-corrected chi connectivity index (χ0v) is 17.1. The molecule has 0 atom stereocenters. The molecule has 0 bridgehead atoms. The molecule has 0 aliphatic rings. The number of H-pyrrole nitrogens is 1. The molecule has 0 saturated carbocycles. The Balaban J connectivity index is 1.59. The fourth-order valence-electron chi connectivity index (χ4n) is 3.24. The Hall–Kier alpha value is -4.39. The van der Waals surface area contributed by atoms with Crippen LogP contribution in [0.3, 0.4) is 0 Å². The predicted octanol–water partition coefficient (Wildman–Crippen LogP) is 4.58. The monoisotopic (exact) mass is 430 g/mol. The number of phenolic OH excluding ortho intramolecular Hbond substituents is 1. The van der Waals surface area contributed by atoms with Crippen molar-refractivity contribution in [2.45, 2.75) is 0 Å². The average molecular weight is 430 g/mol. The second-order valence-corrected chi connectivity index (χ2v) is 7.03. The number of hydrogen-bond donors (Lipinski definition) is 2. The molecule has 4 rings (SSSR count). The topological polar surface area (TPSA) is 84.3 Å². The van der Waals surface area contributed by atoms with Gasteiger partial charge in [0.1, 0.15) is 5.82 Å². The summed E-state index contributed by atoms with van der Waals surface area (Å²) in [5.74, 6) is -0.284. The molecule has 1 aromatic heterocycles. The third-order valence-corrected chi connectivity index (χ3v) is 4.91. The van der Waals surface area contributed by atoms with Crippen LogP contribution in [-0.2, 0) is 0 Å². The molecule has 1 heterocycles. The summed E-state index contributed by atoms with van der Waals surface area (Å²) in [6, 6.07) is 17.2. The van der Waals surface area contributed by atoms with Gasteiger partial charge in [-0.25, -0.2) is 9.18 Å². The van der Waals surface area contributed by atoms with Crippen LogP contribution >= 0.6 is 0 Å². The van der Waals surface area contributed by atoms with E-state index in [2.05, 4.69) is 4.98 Å². The van der Waals surface area contributed by atoms with E-state index >= 15 is 0 Å². The number of benzene rings is 3. The lowest BCUT2D eigenvalue weighted by Gasteiger charge is -2.04. The first-order valence-electron chi connectivity index (χ1n) is 9.72. The standard InChI is InChI=1S/C25H19FN2O4/c1-32-24-13-16(6-12-23(24)30)5-11-22(29)18-3-2-4-20(14-18)28-15-21(27-25(28)31)17-7-9-19(26)10-8-17/h2-15,30H,1H3,(H,27,31)/b11-5+. The van der Waals surface area contributed by atoms with Crippen molar-refractivity contribution in [3.8, 4) is 28.4 Å². The van der Waals surface area contributed by atoms with Crippen LogP contribution in [0.1, 0.15) is 15.9 Å². The van der Waals surface area contributed by atoms with E-state index in [0.717, 1.165) is 0 Å². The molecule has 0 unspecified atom stereocenters. The van der Waals surface area contributed by atoms with Crippen molar-refractivity contribution in [3.05, 3.63) is 106 Å². The largest absolute Gasteiger partial charge is 0.504 e. The molecule has 7 heteroatoms. The molecule has 0 radical (unpaired) electrons. The molecule has 32 heavy (non-hydrogen) atoms. The first-order valence-corrected chi connectivity index (χ1v) is 9.72. The lowest BCUT2D eigenvalue weighted by molar-refractivity contribution is 0.104. The number of halogens is 1. The number of aromatic nitrogens is 2. The summed E-state index contributed by atoms with van der Waals surface area (Å²) in [6.07, 6.45) is 4.64. The number of aromatic amines is 1. The molecule has 0 amide bonds. The Morgan fingerprint density at radius 1 is 1.09 bits per heavy atom. The van der Waals surface area contributed by atoms with Gasteiger partial charge >= 0.3 is 5.69 Å². The van der Waals surface area contributed by atoms with E-state index < -0.39 is 0 Å². The highest BCUT2D eigenvalue weighted by molar-refractivity contribution is 6.07. The number of ether oxygens (including phenoxy) is 1. The highest BCUT2D eigenvalue weighted by Gasteiger charge is 2.10. The third kappa shape index (κ3) is 4.37. The van der Waals surface area contributed by atoms with Gasteiger partial charge in [0.2, 0.25) is 0 Å². The lowest BCUT2D eigenvalue weighted by atomic mass is 10.1. The number of allylic oxidation sites excluding steroid dienone is 1. The fraction of sp³-hybridized carbons (Fsp3) is 0.0400. The minimum Gasteiger partial charge on any atom is -0.504 e. The normalized spacial score (nSPS) is 11.1. The summed E-state index contributed by atoms with van der Waals surface area (Å²) in [7, 11) is 1.45. The summed E-state index contributed by atoms with van der Waals surface area (Å²) >= 11 is 0. The highest BCUT2D eigenvalue weighted by Crippen LogP contribution is 2.27. The van der Waals surface area contributed by atoms with E-state index in [0.29, 0.717) is 33.8 Å². The quantitative estimate of drug-likeness (QED) is 0.346. The van der Waals surface area contributed by atoms with Gasteiger partial charge in [-0.05, 0) is 65.7 Å². The van der Waals surface area contributed by atoms with E-state index in [1.54, 1.807) is 60.8 Å². The molecule has 0 saturated heterocycles. The van der Waals surface area contributed by atoms with E-state index in [-0.39, 0.29) is 23.0 Å². The molecular formula is C25H19FN2O4. The van der Waals surface area contributed by atoms with Gasteiger partial charge in [0.05, 0.1) is 18.5 Å². The van der Waals surface area contributed by atoms with Gasteiger partial charge in [-0.3, -0.25) is 9.36 Å². The second kappa shape index (κ2) is 8.77. The summed E-state index contributed by atoms with van der Waals surface area (Å²) in [6.45, 7) is 0. The van der Waals surface area contributed by atoms with Crippen LogP contribution in [0.4, 0.5) is 4.39 Å². The zero-order valence-electron chi connectivity index (χ0n) is 17.1. The van der Waals surface area contributed by atoms with Crippen LogP contribution in [0.5, 0.6) is 11.5 Å². The fourth-order valence-corrected chi connectivity index (χ4v) is 3.24. The lowest BCUT2D eigenvalue weighted by Crippen LogP contribution is -2.14. The Morgan fingerprint density at radius 3 is 2.62 bits per heavy atom. The summed E-state index contributed by atoms with van der Waals surface area (Å²) < 4.78 is 19.6. The molecule has 3 aromatic carbocycles. The van der Waals surface area contributed by atoms with E-state index in [4.69, 9.17) is 4.74 Å². The number of carbonyl (C=O) groups is 1. The Bertz CT molecular complexity index is 1370. The molecular weight excluding hydrogens is 411 g/mol. The van der Waals surface area contributed by atoms with Gasteiger partial charge in [0.15, 0.2) is 17.3 Å². The molecule has 0 fully saturated rings. The molecule has 0 spiro atoms. The van der Waals surface area contributed by atoms with Gasteiger partial charge in [-0.15, -0.1) is 0 Å². The number of carbonyl (C=O) groups excluding carboxylic acids is 1. The van der Waals surface area contributed by atoms with Crippen LogP contribution in [0, 0.1) is 5.82 Å². The number of nitrogens with one attached hydrogen (secondary N) is 1. The molecule has 2 N–H and O–H groups in total. The summed E-state index contributed by atoms with van der Waals surface area (Å²) in [4.78, 5) is 27.9. The number of rotatable bonds is 6. The highest BCUT2D eigenvalue weighted by atomic mass is 19.1. The predicted molar refractivity (Wildman–Crippen MR) is 120 cm³/mol. The Morgan fingerprint density at radius 2 is 1.88 bits per heavy atom. The van der Waals surface area contributed by atoms with Crippen molar-refractivity contribution in [3.63, 3.8) is 0 Å². The first kappa shape index (κ1) is 20.9. The number of phenols is 1. The number of methoxy groups -OCH3 is 1. The number of aromatic hydroxyl groups is 1. The number of hydrogen-bond acceptors (Lipinski definition) is 4. The molecule has 6 nitrogen and oxygen atoms in total. The molecule has 0 aliphatic heterocycles. The van der Waals surface area contributed by atoms with Gasteiger partial charge in [0, 0.05) is 11.8 Å². The smallest absolute Gasteiger partial charge is 0.330 e. The van der Waals surface area contributed by atoms with Crippen molar-refractivity contribution < 1.29 is 19.0 Å². The van der Waals surface area contributed by atoms with Gasteiger partial charge < -0.3 is 14.8 Å². The maximum Gasteiger partial charge on any atom is 0.330 e. The van der Waals surface area contributed by atoms with Crippen LogP contribution in [0.2, 0.25) is 0 Å². The zero-order chi connectivity index (χ0) is 22.7. The van der Waals surface area contributed by atoms with Gasteiger partial charge in [0.25, 0.3) is 0 Å². The minimum absolute atomic E-state index is 0.0145. The third-order valence-electron chi connectivity index (χ3n) is 4.91. The Kier molecular flexibility index (Phi) is 5.72. The maximum atomic E-state index is 13.2. The number of nitrogens with zero attached hydrogens (tertiary/aromatic N) is 1. The molecule has 160 valence electrons. The van der Waals surface area contributed by atoms with E-state index in [1.807, 2.05) is 0 Å². The van der Waals surface area contributed by atoms with Crippen molar-refractivity contribution in [2.24, 2.45) is 0 Å². The van der Waals surface area contributed by atoms with Gasteiger partial charge in [-0.2, -0.15) is 0 Å². The first-order chi connectivity index (χ1) is 15.4. The average Bonchev–Trinajstić information content (AvgIpc) is 3.20. The van der Waals surface area contributed by atoms with Crippen LogP contribution in [0.25, 0.3) is 23.0 Å². The molecule has 4 aromatic rings. The molecule has 0 aliphatic carbocycles. The summed E-state index contributed by atoms with van der Waals surface area (Å²) in [5.41, 5.74) is 2.44. The maximum absolute atomic E-state index is 13.2. The van der Waals surface area contributed by atoms with Crippen LogP contribution < -0.4 is 10.4 Å².